The highest BCUT2D eigenvalue weighted by Gasteiger charge is 2.29. The van der Waals surface area contributed by atoms with Crippen molar-refractivity contribution in [2.45, 2.75) is 19.4 Å². The Labute approximate surface area is 98.2 Å². The second-order valence-electron chi connectivity index (χ2n) is 4.10. The largest absolute Gasteiger partial charge is 0.388 e. The van der Waals surface area contributed by atoms with Gasteiger partial charge in [-0.15, -0.1) is 0 Å². The maximum absolute atomic E-state index is 12.8. The zero-order valence-electron chi connectivity index (χ0n) is 9.35. The average Bonchev–Trinajstić information content (AvgIpc) is 2.32. The number of halogens is 1. The van der Waals surface area contributed by atoms with Crippen LogP contribution in [0.2, 0.25) is 0 Å². The minimum atomic E-state index is -0.842. The topological polar surface area (TPSA) is 61.7 Å². The number of aliphatic hydroxyl groups is 1. The van der Waals surface area contributed by atoms with E-state index in [1.54, 1.807) is 6.92 Å². The number of carbonyl (C=O) groups is 1. The van der Waals surface area contributed by atoms with Crippen LogP contribution in [0.4, 0.5) is 4.39 Å². The Morgan fingerprint density at radius 2 is 2.12 bits per heavy atom. The van der Waals surface area contributed by atoms with Crippen molar-refractivity contribution in [2.75, 3.05) is 0 Å². The summed E-state index contributed by atoms with van der Waals surface area (Å²) in [6.45, 7) is 1.75. The molecule has 1 aliphatic rings. The van der Waals surface area contributed by atoms with Crippen molar-refractivity contribution in [3.63, 3.8) is 0 Å². The first-order valence-electron chi connectivity index (χ1n) is 5.34. The van der Waals surface area contributed by atoms with Crippen molar-refractivity contribution in [1.29, 1.82) is 0 Å². The van der Waals surface area contributed by atoms with E-state index in [1.807, 2.05) is 0 Å². The Balaban J connectivity index is 2.22. The van der Waals surface area contributed by atoms with E-state index in [-0.39, 0.29) is 24.1 Å². The van der Waals surface area contributed by atoms with Gasteiger partial charge in [-0.25, -0.2) is 9.82 Å². The third-order valence-electron chi connectivity index (χ3n) is 2.89. The van der Waals surface area contributed by atoms with Gasteiger partial charge in [0, 0.05) is 18.1 Å². The molecule has 17 heavy (non-hydrogen) atoms. The van der Waals surface area contributed by atoms with Gasteiger partial charge in [0.1, 0.15) is 5.82 Å². The van der Waals surface area contributed by atoms with E-state index in [1.165, 1.54) is 24.3 Å². The van der Waals surface area contributed by atoms with Crippen molar-refractivity contribution >= 4 is 11.6 Å². The molecule has 1 aromatic rings. The summed E-state index contributed by atoms with van der Waals surface area (Å²) in [5, 5.41) is 14.0. The molecule has 0 radical (unpaired) electrons. The van der Waals surface area contributed by atoms with Crippen LogP contribution >= 0.6 is 0 Å². The van der Waals surface area contributed by atoms with Gasteiger partial charge in [-0.1, -0.05) is 12.1 Å². The van der Waals surface area contributed by atoms with Crippen LogP contribution in [0.15, 0.2) is 29.4 Å². The molecule has 5 heteroatoms. The van der Waals surface area contributed by atoms with E-state index >= 15 is 0 Å². The normalized spacial score (nSPS) is 21.7. The second kappa shape index (κ2) is 4.63. The van der Waals surface area contributed by atoms with Crippen LogP contribution in [0.5, 0.6) is 0 Å². The molecular weight excluding hydrogens is 223 g/mol. The molecule has 0 fully saturated rings. The van der Waals surface area contributed by atoms with Gasteiger partial charge < -0.3 is 5.11 Å². The number of hydrogen-bond donors (Lipinski definition) is 2. The molecule has 90 valence electrons. The predicted octanol–water partition coefficient (Wildman–Crippen LogP) is 1.37. The van der Waals surface area contributed by atoms with Gasteiger partial charge in [0.25, 0.3) is 0 Å². The number of hydrazone groups is 1. The van der Waals surface area contributed by atoms with Gasteiger partial charge in [0.05, 0.1) is 6.10 Å². The molecule has 1 aromatic carbocycles. The maximum atomic E-state index is 12.8. The third kappa shape index (κ3) is 2.50. The zero-order valence-corrected chi connectivity index (χ0v) is 9.35. The summed E-state index contributed by atoms with van der Waals surface area (Å²) in [7, 11) is 0. The summed E-state index contributed by atoms with van der Waals surface area (Å²) >= 11 is 0. The van der Waals surface area contributed by atoms with Crippen LogP contribution in [0.1, 0.15) is 25.0 Å². The Morgan fingerprint density at radius 1 is 1.47 bits per heavy atom. The number of nitrogens with zero attached hydrogens (tertiary/aromatic N) is 1. The summed E-state index contributed by atoms with van der Waals surface area (Å²) in [5.41, 5.74) is 3.61. The molecule has 1 aliphatic heterocycles. The van der Waals surface area contributed by atoms with E-state index in [0.29, 0.717) is 11.3 Å². The van der Waals surface area contributed by atoms with Crippen LogP contribution in [0.3, 0.4) is 0 Å². The summed E-state index contributed by atoms with van der Waals surface area (Å²) in [4.78, 5) is 11.2. The molecule has 0 bridgehead atoms. The van der Waals surface area contributed by atoms with Crippen molar-refractivity contribution in [3.05, 3.63) is 35.6 Å². The highest BCUT2D eigenvalue weighted by atomic mass is 19.1. The highest BCUT2D eigenvalue weighted by Crippen LogP contribution is 2.27. The lowest BCUT2D eigenvalue weighted by molar-refractivity contribution is -0.122. The van der Waals surface area contributed by atoms with Gasteiger partial charge >= 0.3 is 0 Å². The van der Waals surface area contributed by atoms with Crippen LogP contribution in [0.25, 0.3) is 0 Å². The summed E-state index contributed by atoms with van der Waals surface area (Å²) < 4.78 is 12.8. The maximum Gasteiger partial charge on any atom is 0.240 e. The smallest absolute Gasteiger partial charge is 0.240 e. The quantitative estimate of drug-likeness (QED) is 0.814. The molecule has 0 spiro atoms. The number of nitrogens with one attached hydrogen (secondary N) is 1. The summed E-state index contributed by atoms with van der Waals surface area (Å²) in [5.74, 6) is -0.927. The summed E-state index contributed by atoms with van der Waals surface area (Å²) in [6, 6.07) is 5.60. The third-order valence-corrected chi connectivity index (χ3v) is 2.89. The first-order valence-corrected chi connectivity index (χ1v) is 5.34. The van der Waals surface area contributed by atoms with Gasteiger partial charge in [0.15, 0.2) is 0 Å². The number of benzene rings is 1. The van der Waals surface area contributed by atoms with E-state index in [0.717, 1.165) is 0 Å². The number of amides is 1. The Bertz CT molecular complexity index is 456. The van der Waals surface area contributed by atoms with E-state index < -0.39 is 6.10 Å². The Hall–Kier alpha value is -1.75. The fourth-order valence-corrected chi connectivity index (χ4v) is 1.86. The van der Waals surface area contributed by atoms with Crippen molar-refractivity contribution in [3.8, 4) is 0 Å². The molecule has 0 aliphatic carbocycles. The molecule has 2 N–H and O–H groups in total. The predicted molar refractivity (Wildman–Crippen MR) is 60.7 cm³/mol. The zero-order chi connectivity index (χ0) is 12.4. The molecule has 1 heterocycles. The summed E-state index contributed by atoms with van der Waals surface area (Å²) in [6.07, 6.45) is -0.654. The van der Waals surface area contributed by atoms with Crippen LogP contribution in [-0.4, -0.2) is 16.7 Å². The number of rotatable bonds is 2. The Morgan fingerprint density at radius 3 is 2.76 bits per heavy atom. The van der Waals surface area contributed by atoms with Gasteiger partial charge in [-0.3, -0.25) is 4.79 Å². The standard InChI is InChI=1S/C12H13FN2O2/c1-7-10(6-11(16)15-14-7)12(17)8-2-4-9(13)5-3-8/h2-5,10,12,17H,6H2,1H3,(H,15,16)/t10-,12-/m0/s1. The SMILES string of the molecule is CC1=NNC(=O)C[C@@H]1[C@@H](O)c1ccc(F)cc1. The average molecular weight is 236 g/mol. The molecule has 0 aromatic heterocycles. The molecular formula is C12H13FN2O2. The number of carbonyl (C=O) groups excluding carboxylic acids is 1. The molecule has 0 saturated heterocycles. The fourth-order valence-electron chi connectivity index (χ4n) is 1.86. The first-order chi connectivity index (χ1) is 8.08. The van der Waals surface area contributed by atoms with Crippen molar-refractivity contribution in [1.82, 2.24) is 5.43 Å². The number of hydrogen-bond acceptors (Lipinski definition) is 3. The van der Waals surface area contributed by atoms with Gasteiger partial charge in [-0.2, -0.15) is 5.10 Å². The highest BCUT2D eigenvalue weighted by molar-refractivity contribution is 5.93. The lowest BCUT2D eigenvalue weighted by Crippen LogP contribution is -2.34. The van der Waals surface area contributed by atoms with E-state index in [2.05, 4.69) is 10.5 Å². The fraction of sp³-hybridized carbons (Fsp3) is 0.333. The minimum absolute atomic E-state index is 0.188. The van der Waals surface area contributed by atoms with E-state index in [4.69, 9.17) is 0 Å². The van der Waals surface area contributed by atoms with Gasteiger partial charge in [0.2, 0.25) is 5.91 Å². The van der Waals surface area contributed by atoms with Crippen molar-refractivity contribution in [2.24, 2.45) is 11.0 Å². The Kier molecular flexibility index (Phi) is 3.19. The number of aliphatic hydroxyl groups excluding tert-OH is 1. The van der Waals surface area contributed by atoms with Crippen LogP contribution < -0.4 is 5.43 Å². The lowest BCUT2D eigenvalue weighted by atomic mass is 9.88. The van der Waals surface area contributed by atoms with Crippen molar-refractivity contribution < 1.29 is 14.3 Å². The monoisotopic (exact) mass is 236 g/mol. The molecule has 2 atom stereocenters. The van der Waals surface area contributed by atoms with Crippen LogP contribution in [0, 0.1) is 11.7 Å². The lowest BCUT2D eigenvalue weighted by Gasteiger charge is -2.25. The van der Waals surface area contributed by atoms with E-state index in [9.17, 15) is 14.3 Å². The molecule has 0 unspecified atom stereocenters. The molecule has 1 amide bonds. The molecule has 0 saturated carbocycles. The second-order valence-corrected chi connectivity index (χ2v) is 4.10. The molecule has 2 rings (SSSR count). The minimum Gasteiger partial charge on any atom is -0.388 e. The molecule has 4 nitrogen and oxygen atoms in total. The first kappa shape index (κ1) is 11.7. The van der Waals surface area contributed by atoms with Crippen LogP contribution in [-0.2, 0) is 4.79 Å². The van der Waals surface area contributed by atoms with Gasteiger partial charge in [-0.05, 0) is 24.6 Å².